The van der Waals surface area contributed by atoms with Crippen molar-refractivity contribution in [1.29, 1.82) is 0 Å². The third-order valence-electron chi connectivity index (χ3n) is 2.64. The van der Waals surface area contributed by atoms with E-state index in [9.17, 15) is 9.90 Å². The van der Waals surface area contributed by atoms with Crippen molar-refractivity contribution >= 4 is 23.1 Å². The zero-order valence-electron chi connectivity index (χ0n) is 10.0. The van der Waals surface area contributed by atoms with Crippen molar-refractivity contribution in [3.05, 3.63) is 53.4 Å². The van der Waals surface area contributed by atoms with Gasteiger partial charge >= 0.3 is 5.97 Å². The lowest BCUT2D eigenvalue weighted by atomic mass is 10.3. The van der Waals surface area contributed by atoms with Crippen LogP contribution in [0.2, 0.25) is 5.28 Å². The number of rotatable bonds is 3. The van der Waals surface area contributed by atoms with Crippen molar-refractivity contribution in [3.8, 4) is 11.6 Å². The average molecular weight is 290 g/mol. The second-order valence-corrected chi connectivity index (χ2v) is 4.27. The minimum atomic E-state index is -1.09. The molecule has 3 rings (SSSR count). The Kier molecular flexibility index (Phi) is 3.00. The number of nitrogens with zero attached hydrogens (tertiary/aromatic N) is 3. The second kappa shape index (κ2) is 4.82. The predicted molar refractivity (Wildman–Crippen MR) is 71.5 cm³/mol. The third-order valence-corrected chi connectivity index (χ3v) is 2.80. The van der Waals surface area contributed by atoms with Crippen LogP contribution in [0.5, 0.6) is 11.6 Å². The van der Waals surface area contributed by atoms with Gasteiger partial charge in [0.05, 0.1) is 5.56 Å². The number of benzene rings is 1. The summed E-state index contributed by atoms with van der Waals surface area (Å²) in [6, 6.07) is 10.3. The van der Waals surface area contributed by atoms with Crippen LogP contribution >= 0.6 is 11.6 Å². The van der Waals surface area contributed by atoms with Gasteiger partial charge in [-0.05, 0) is 29.8 Å². The van der Waals surface area contributed by atoms with Gasteiger partial charge in [0.25, 0.3) is 0 Å². The first kappa shape index (κ1) is 12.4. The average Bonchev–Trinajstić information content (AvgIpc) is 2.83. The van der Waals surface area contributed by atoms with E-state index < -0.39 is 5.97 Å². The fourth-order valence-electron chi connectivity index (χ4n) is 1.81. The van der Waals surface area contributed by atoms with Gasteiger partial charge in [-0.2, -0.15) is 4.98 Å². The molecule has 0 amide bonds. The van der Waals surface area contributed by atoms with Crippen LogP contribution < -0.4 is 4.74 Å². The number of aromatic carboxylic acids is 1. The smallest absolute Gasteiger partial charge is 0.338 e. The molecule has 6 nitrogen and oxygen atoms in total. The van der Waals surface area contributed by atoms with Gasteiger partial charge in [-0.3, -0.25) is 0 Å². The summed E-state index contributed by atoms with van der Waals surface area (Å²) in [5.74, 6) is -0.461. The summed E-state index contributed by atoms with van der Waals surface area (Å²) in [5, 5.41) is 13.1. The Hall–Kier alpha value is -2.60. The number of hydrogen-bond acceptors (Lipinski definition) is 4. The fourth-order valence-corrected chi connectivity index (χ4v) is 1.97. The number of fused-ring (bicyclic) bond motifs is 1. The minimum Gasteiger partial charge on any atom is -0.478 e. The van der Waals surface area contributed by atoms with Crippen molar-refractivity contribution in [2.24, 2.45) is 0 Å². The van der Waals surface area contributed by atoms with Crippen LogP contribution in [0.4, 0.5) is 0 Å². The SMILES string of the molecule is O=C(O)c1ccn2nc(Cl)nc(Oc3ccccc3)c12. The van der Waals surface area contributed by atoms with E-state index in [4.69, 9.17) is 16.3 Å². The molecule has 1 N–H and O–H groups in total. The molecule has 0 aliphatic rings. The predicted octanol–water partition coefficient (Wildman–Crippen LogP) is 2.87. The lowest BCUT2D eigenvalue weighted by Gasteiger charge is -2.07. The Balaban J connectivity index is 2.18. The first-order valence-electron chi connectivity index (χ1n) is 5.66. The number of aromatic nitrogens is 3. The maximum Gasteiger partial charge on any atom is 0.338 e. The lowest BCUT2D eigenvalue weighted by molar-refractivity contribution is 0.0699. The molecular weight excluding hydrogens is 282 g/mol. The van der Waals surface area contributed by atoms with Crippen LogP contribution in [0.15, 0.2) is 42.6 Å². The van der Waals surface area contributed by atoms with Crippen LogP contribution in [0, 0.1) is 0 Å². The number of carbonyl (C=O) groups is 1. The minimum absolute atomic E-state index is 0.0315. The highest BCUT2D eigenvalue weighted by molar-refractivity contribution is 6.28. The summed E-state index contributed by atoms with van der Waals surface area (Å²) >= 11 is 5.81. The van der Waals surface area contributed by atoms with E-state index in [2.05, 4.69) is 10.1 Å². The van der Waals surface area contributed by atoms with Gasteiger partial charge in [0.15, 0.2) is 0 Å². The largest absolute Gasteiger partial charge is 0.478 e. The molecule has 7 heteroatoms. The van der Waals surface area contributed by atoms with Crippen molar-refractivity contribution < 1.29 is 14.6 Å². The van der Waals surface area contributed by atoms with Crippen molar-refractivity contribution in [3.63, 3.8) is 0 Å². The molecule has 100 valence electrons. The van der Waals surface area contributed by atoms with E-state index in [-0.39, 0.29) is 22.2 Å². The van der Waals surface area contributed by atoms with Crippen LogP contribution in [0.25, 0.3) is 5.52 Å². The Bertz CT molecular complexity index is 786. The summed E-state index contributed by atoms with van der Waals surface area (Å²) < 4.78 is 6.93. The monoisotopic (exact) mass is 289 g/mol. The maximum absolute atomic E-state index is 11.2. The molecule has 3 aromatic rings. The van der Waals surface area contributed by atoms with Crippen molar-refractivity contribution in [2.45, 2.75) is 0 Å². The number of ether oxygens (including phenoxy) is 1. The summed E-state index contributed by atoms with van der Waals surface area (Å²) in [4.78, 5) is 15.2. The first-order chi connectivity index (χ1) is 9.65. The van der Waals surface area contributed by atoms with Gasteiger partial charge in [0.2, 0.25) is 11.2 Å². The van der Waals surface area contributed by atoms with E-state index in [1.165, 1.54) is 16.8 Å². The molecule has 0 bridgehead atoms. The zero-order chi connectivity index (χ0) is 14.1. The van der Waals surface area contributed by atoms with Gasteiger partial charge in [-0.15, -0.1) is 5.10 Å². The van der Waals surface area contributed by atoms with Gasteiger partial charge in [-0.1, -0.05) is 18.2 Å². The van der Waals surface area contributed by atoms with E-state index in [1.54, 1.807) is 24.3 Å². The highest BCUT2D eigenvalue weighted by Crippen LogP contribution is 2.27. The van der Waals surface area contributed by atoms with Crippen LogP contribution in [-0.4, -0.2) is 25.7 Å². The Morgan fingerprint density at radius 3 is 2.70 bits per heavy atom. The van der Waals surface area contributed by atoms with Crippen LogP contribution in [0.3, 0.4) is 0 Å². The zero-order valence-corrected chi connectivity index (χ0v) is 10.8. The van der Waals surface area contributed by atoms with E-state index >= 15 is 0 Å². The van der Waals surface area contributed by atoms with Gasteiger partial charge < -0.3 is 9.84 Å². The molecule has 2 aromatic heterocycles. The lowest BCUT2D eigenvalue weighted by Crippen LogP contribution is -2.02. The van der Waals surface area contributed by atoms with Crippen LogP contribution in [-0.2, 0) is 0 Å². The highest BCUT2D eigenvalue weighted by Gasteiger charge is 2.18. The molecule has 0 unspecified atom stereocenters. The third kappa shape index (κ3) is 2.17. The van der Waals surface area contributed by atoms with Crippen molar-refractivity contribution in [1.82, 2.24) is 14.6 Å². The second-order valence-electron chi connectivity index (χ2n) is 3.93. The van der Waals surface area contributed by atoms with E-state index in [0.717, 1.165) is 0 Å². The number of halogens is 1. The fraction of sp³-hybridized carbons (Fsp3) is 0. The van der Waals surface area contributed by atoms with E-state index in [0.29, 0.717) is 5.75 Å². The highest BCUT2D eigenvalue weighted by atomic mass is 35.5. The molecule has 0 aliphatic carbocycles. The molecule has 0 radical (unpaired) electrons. The van der Waals surface area contributed by atoms with Crippen molar-refractivity contribution in [2.75, 3.05) is 0 Å². The first-order valence-corrected chi connectivity index (χ1v) is 6.04. The number of carboxylic acid groups (broad SMARTS) is 1. The Morgan fingerprint density at radius 2 is 2.00 bits per heavy atom. The summed E-state index contributed by atoms with van der Waals surface area (Å²) in [7, 11) is 0. The Morgan fingerprint density at radius 1 is 1.25 bits per heavy atom. The number of para-hydroxylation sites is 1. The molecule has 2 heterocycles. The molecule has 0 atom stereocenters. The van der Waals surface area contributed by atoms with Crippen LogP contribution in [0.1, 0.15) is 10.4 Å². The molecule has 1 aromatic carbocycles. The molecular formula is C13H8ClN3O3. The normalized spacial score (nSPS) is 10.7. The molecule has 0 saturated carbocycles. The van der Waals surface area contributed by atoms with E-state index in [1.807, 2.05) is 6.07 Å². The molecule has 0 fully saturated rings. The van der Waals surface area contributed by atoms with Gasteiger partial charge in [0, 0.05) is 6.20 Å². The number of carboxylic acids is 1. The van der Waals surface area contributed by atoms with Gasteiger partial charge in [-0.25, -0.2) is 9.31 Å². The summed E-state index contributed by atoms with van der Waals surface area (Å²) in [6.07, 6.45) is 1.49. The molecule has 0 aliphatic heterocycles. The maximum atomic E-state index is 11.2. The summed E-state index contributed by atoms with van der Waals surface area (Å²) in [5.41, 5.74) is 0.304. The topological polar surface area (TPSA) is 76.7 Å². The Labute approximate surface area is 118 Å². The molecule has 0 saturated heterocycles. The molecule has 0 spiro atoms. The standard InChI is InChI=1S/C13H8ClN3O3/c14-13-15-11(20-8-4-2-1-3-5-8)10-9(12(18)19)6-7-17(10)16-13/h1-7H,(H,18,19). The quantitative estimate of drug-likeness (QED) is 0.802. The summed E-state index contributed by atoms with van der Waals surface area (Å²) in [6.45, 7) is 0. The molecule has 20 heavy (non-hydrogen) atoms. The number of hydrogen-bond donors (Lipinski definition) is 1. The van der Waals surface area contributed by atoms with Gasteiger partial charge in [0.1, 0.15) is 11.3 Å².